The predicted octanol–water partition coefficient (Wildman–Crippen LogP) is 4.32. The Balaban J connectivity index is 1.93. The van der Waals surface area contributed by atoms with Crippen LogP contribution in [0.15, 0.2) is 16.7 Å². The molecule has 2 aromatic heterocycles. The molecule has 1 fully saturated rings. The molecule has 0 atom stereocenters. The van der Waals surface area contributed by atoms with Gasteiger partial charge in [-0.15, -0.1) is 0 Å². The number of halogens is 1. The molecule has 1 aliphatic rings. The van der Waals surface area contributed by atoms with Crippen molar-refractivity contribution in [2.45, 2.75) is 32.6 Å². The van der Waals surface area contributed by atoms with Gasteiger partial charge in [-0.1, -0.05) is 5.16 Å². The van der Waals surface area contributed by atoms with Crippen molar-refractivity contribution in [3.05, 3.63) is 33.0 Å². The number of aromatic amines is 1. The molecule has 4 rings (SSSR count). The molecule has 0 unspecified atom stereocenters. The van der Waals surface area contributed by atoms with Crippen LogP contribution in [0.4, 0.5) is 0 Å². The first kappa shape index (κ1) is 12.4. The molecule has 0 radical (unpaired) electrons. The molecule has 0 aliphatic heterocycles. The van der Waals surface area contributed by atoms with Crippen LogP contribution >= 0.6 is 22.6 Å². The lowest BCUT2D eigenvalue weighted by Gasteiger charge is -2.02. The molecule has 20 heavy (non-hydrogen) atoms. The van der Waals surface area contributed by atoms with E-state index in [1.807, 2.05) is 13.8 Å². The number of benzene rings is 1. The van der Waals surface area contributed by atoms with Crippen LogP contribution < -0.4 is 0 Å². The van der Waals surface area contributed by atoms with Gasteiger partial charge in [-0.2, -0.15) is 0 Å². The van der Waals surface area contributed by atoms with Gasteiger partial charge in [0.1, 0.15) is 17.1 Å². The lowest BCUT2D eigenvalue weighted by molar-refractivity contribution is 0.393. The third kappa shape index (κ3) is 1.87. The molecule has 5 heteroatoms. The highest BCUT2D eigenvalue weighted by atomic mass is 127. The fourth-order valence-corrected chi connectivity index (χ4v) is 3.43. The van der Waals surface area contributed by atoms with Gasteiger partial charge in [0.2, 0.25) is 0 Å². The maximum absolute atomic E-state index is 5.28. The molecule has 1 aromatic carbocycles. The van der Waals surface area contributed by atoms with E-state index in [9.17, 15) is 0 Å². The quantitative estimate of drug-likeness (QED) is 0.675. The second-order valence-electron chi connectivity index (χ2n) is 5.45. The van der Waals surface area contributed by atoms with Crippen LogP contribution in [0, 0.1) is 17.4 Å². The highest BCUT2D eigenvalue weighted by Crippen LogP contribution is 2.40. The first-order valence-corrected chi connectivity index (χ1v) is 7.84. The van der Waals surface area contributed by atoms with E-state index in [-0.39, 0.29) is 0 Å². The van der Waals surface area contributed by atoms with E-state index in [2.05, 4.69) is 44.9 Å². The Morgan fingerprint density at radius 1 is 1.30 bits per heavy atom. The van der Waals surface area contributed by atoms with Crippen molar-refractivity contribution in [3.63, 3.8) is 0 Å². The van der Waals surface area contributed by atoms with E-state index in [4.69, 9.17) is 9.51 Å². The van der Waals surface area contributed by atoms with E-state index in [0.29, 0.717) is 5.92 Å². The standard InChI is InChI=1S/C15H14IN3O/c1-7-13(8(2)20-19-7)10-5-11(16)14-12(6-10)17-15(18-14)9-3-4-9/h5-6,9H,3-4H2,1-2H3,(H,17,18). The Labute approximate surface area is 130 Å². The summed E-state index contributed by atoms with van der Waals surface area (Å²) in [5, 5.41) is 4.04. The lowest BCUT2D eigenvalue weighted by atomic mass is 10.0. The number of rotatable bonds is 2. The number of nitrogens with zero attached hydrogens (tertiary/aromatic N) is 2. The summed E-state index contributed by atoms with van der Waals surface area (Å²) in [6.07, 6.45) is 2.51. The molecule has 3 aromatic rings. The number of fused-ring (bicyclic) bond motifs is 1. The van der Waals surface area contributed by atoms with E-state index in [1.54, 1.807) is 0 Å². The van der Waals surface area contributed by atoms with Crippen LogP contribution in [0.25, 0.3) is 22.2 Å². The average molecular weight is 379 g/mol. The molecular formula is C15H14IN3O. The van der Waals surface area contributed by atoms with Crippen LogP contribution in [0.2, 0.25) is 0 Å². The molecule has 102 valence electrons. The SMILES string of the molecule is Cc1noc(C)c1-c1cc(I)c2nc(C3CC3)[nH]c2c1. The van der Waals surface area contributed by atoms with Crippen molar-refractivity contribution in [1.29, 1.82) is 0 Å². The third-order valence-corrected chi connectivity index (χ3v) is 4.67. The molecule has 0 saturated heterocycles. The minimum absolute atomic E-state index is 0.640. The summed E-state index contributed by atoms with van der Waals surface area (Å²) in [5.41, 5.74) is 5.34. The fraction of sp³-hybridized carbons (Fsp3) is 0.333. The summed E-state index contributed by atoms with van der Waals surface area (Å²) >= 11 is 2.36. The maximum Gasteiger partial charge on any atom is 0.141 e. The van der Waals surface area contributed by atoms with Crippen molar-refractivity contribution >= 4 is 33.6 Å². The topological polar surface area (TPSA) is 54.7 Å². The first-order valence-electron chi connectivity index (χ1n) is 6.76. The molecule has 0 bridgehead atoms. The van der Waals surface area contributed by atoms with Crippen molar-refractivity contribution in [2.75, 3.05) is 0 Å². The van der Waals surface area contributed by atoms with Gasteiger partial charge >= 0.3 is 0 Å². The minimum Gasteiger partial charge on any atom is -0.361 e. The van der Waals surface area contributed by atoms with Crippen molar-refractivity contribution in [3.8, 4) is 11.1 Å². The maximum atomic E-state index is 5.28. The average Bonchev–Trinajstić information content (AvgIpc) is 3.08. The van der Waals surface area contributed by atoms with Crippen molar-refractivity contribution < 1.29 is 4.52 Å². The Morgan fingerprint density at radius 3 is 2.75 bits per heavy atom. The van der Waals surface area contributed by atoms with Gasteiger partial charge in [-0.3, -0.25) is 0 Å². The van der Waals surface area contributed by atoms with Crippen LogP contribution in [-0.2, 0) is 0 Å². The number of nitrogens with one attached hydrogen (secondary N) is 1. The second-order valence-corrected chi connectivity index (χ2v) is 6.61. The van der Waals surface area contributed by atoms with Crippen LogP contribution in [-0.4, -0.2) is 15.1 Å². The largest absolute Gasteiger partial charge is 0.361 e. The Morgan fingerprint density at radius 2 is 2.10 bits per heavy atom. The van der Waals surface area contributed by atoms with Crippen LogP contribution in [0.5, 0.6) is 0 Å². The molecule has 4 nitrogen and oxygen atoms in total. The molecule has 0 spiro atoms. The van der Waals surface area contributed by atoms with E-state index in [0.717, 1.165) is 39.4 Å². The number of aryl methyl sites for hydroxylation is 2. The zero-order valence-corrected chi connectivity index (χ0v) is 13.5. The Hall–Kier alpha value is -1.37. The number of imidazole rings is 1. The number of hydrogen-bond acceptors (Lipinski definition) is 3. The lowest BCUT2D eigenvalue weighted by Crippen LogP contribution is -1.85. The zero-order valence-electron chi connectivity index (χ0n) is 11.3. The number of aromatic nitrogens is 3. The van der Waals surface area contributed by atoms with Gasteiger partial charge in [0, 0.05) is 15.1 Å². The summed E-state index contributed by atoms with van der Waals surface area (Å²) in [4.78, 5) is 8.21. The molecule has 1 aliphatic carbocycles. The first-order chi connectivity index (χ1) is 9.63. The van der Waals surface area contributed by atoms with E-state index >= 15 is 0 Å². The zero-order chi connectivity index (χ0) is 13.9. The Bertz CT molecular complexity index is 794. The summed E-state index contributed by atoms with van der Waals surface area (Å²) in [6, 6.07) is 4.32. The summed E-state index contributed by atoms with van der Waals surface area (Å²) in [6.45, 7) is 3.93. The molecule has 1 N–H and O–H groups in total. The van der Waals surface area contributed by atoms with Crippen molar-refractivity contribution in [2.24, 2.45) is 0 Å². The number of H-pyrrole nitrogens is 1. The molecule has 2 heterocycles. The highest BCUT2D eigenvalue weighted by Gasteiger charge is 2.27. The minimum atomic E-state index is 0.640. The summed E-state index contributed by atoms with van der Waals surface area (Å²) < 4.78 is 6.44. The normalized spacial score (nSPS) is 15.2. The van der Waals surface area contributed by atoms with Crippen molar-refractivity contribution in [1.82, 2.24) is 15.1 Å². The van der Waals surface area contributed by atoms with Gasteiger partial charge < -0.3 is 9.51 Å². The summed E-state index contributed by atoms with van der Waals surface area (Å²) in [7, 11) is 0. The monoisotopic (exact) mass is 379 g/mol. The van der Waals surface area contributed by atoms with E-state index < -0.39 is 0 Å². The number of hydrogen-bond donors (Lipinski definition) is 1. The van der Waals surface area contributed by atoms with E-state index in [1.165, 1.54) is 16.4 Å². The van der Waals surface area contributed by atoms with Gasteiger partial charge in [-0.25, -0.2) is 4.98 Å². The summed E-state index contributed by atoms with van der Waals surface area (Å²) in [5.74, 6) is 2.63. The molecule has 1 saturated carbocycles. The van der Waals surface area contributed by atoms with Gasteiger partial charge in [0.25, 0.3) is 0 Å². The van der Waals surface area contributed by atoms with Gasteiger partial charge in [0.15, 0.2) is 0 Å². The van der Waals surface area contributed by atoms with Gasteiger partial charge in [-0.05, 0) is 67.0 Å². The van der Waals surface area contributed by atoms with Crippen LogP contribution in [0.1, 0.15) is 36.0 Å². The van der Waals surface area contributed by atoms with Gasteiger partial charge in [0.05, 0.1) is 11.2 Å². The predicted molar refractivity (Wildman–Crippen MR) is 85.8 cm³/mol. The second kappa shape index (κ2) is 4.31. The van der Waals surface area contributed by atoms with Crippen LogP contribution in [0.3, 0.4) is 0 Å². The molecule has 0 amide bonds. The third-order valence-electron chi connectivity index (χ3n) is 3.84. The highest BCUT2D eigenvalue weighted by molar-refractivity contribution is 14.1. The smallest absolute Gasteiger partial charge is 0.141 e. The Kier molecular flexibility index (Phi) is 2.67. The fourth-order valence-electron chi connectivity index (χ4n) is 2.68. The molecular weight excluding hydrogens is 365 g/mol.